The molecule has 4 rings (SSSR count). The Morgan fingerprint density at radius 1 is 1.14 bits per heavy atom. The summed E-state index contributed by atoms with van der Waals surface area (Å²) < 4.78 is 63.6. The molecule has 0 amide bonds. The fourth-order valence-electron chi connectivity index (χ4n) is 2.62. The van der Waals surface area contributed by atoms with Crippen LogP contribution in [0.3, 0.4) is 0 Å². The number of benzene rings is 1. The van der Waals surface area contributed by atoms with Crippen molar-refractivity contribution in [1.29, 1.82) is 0 Å². The molecule has 0 atom stereocenters. The van der Waals surface area contributed by atoms with Crippen LogP contribution in [0, 0.1) is 18.6 Å². The Morgan fingerprint density at radius 3 is 2.75 bits per heavy atom. The van der Waals surface area contributed by atoms with E-state index in [1.807, 2.05) is 6.92 Å². The molecule has 0 aliphatic rings. The second kappa shape index (κ2) is 6.64. The highest BCUT2D eigenvalue weighted by Crippen LogP contribution is 2.23. The van der Waals surface area contributed by atoms with Crippen molar-refractivity contribution in [2.45, 2.75) is 11.8 Å². The number of nitrogens with zero attached hydrogens (tertiary/aromatic N) is 4. The first-order valence-electron chi connectivity index (χ1n) is 8.51. The predicted molar refractivity (Wildman–Crippen MR) is 98.1 cm³/mol. The zero-order valence-electron chi connectivity index (χ0n) is 15.4. The lowest BCUT2D eigenvalue weighted by molar-refractivity contribution is 0.551. The number of fused-ring (bicyclic) bond motifs is 1. The Morgan fingerprint density at radius 2 is 1.96 bits per heavy atom. The fourth-order valence-corrected chi connectivity index (χ4v) is 3.69. The molecular weight excluding hydrogens is 388 g/mol. The molecular formula is C18H13F2N5O2S. The zero-order valence-corrected chi connectivity index (χ0v) is 15.2. The quantitative estimate of drug-likeness (QED) is 0.566. The molecule has 0 saturated carbocycles. The third-order valence-electron chi connectivity index (χ3n) is 3.94. The molecule has 0 spiro atoms. The van der Waals surface area contributed by atoms with Crippen LogP contribution in [0.1, 0.15) is 7.06 Å². The van der Waals surface area contributed by atoms with E-state index >= 15 is 0 Å². The molecule has 0 radical (unpaired) electrons. The number of aromatic nitrogens is 4. The number of halogens is 2. The van der Waals surface area contributed by atoms with Gasteiger partial charge in [0.15, 0.2) is 5.65 Å². The Kier molecular flexibility index (Phi) is 3.97. The molecule has 0 fully saturated rings. The van der Waals surface area contributed by atoms with E-state index in [1.54, 1.807) is 22.8 Å². The van der Waals surface area contributed by atoms with Crippen LogP contribution in [0.25, 0.3) is 16.9 Å². The van der Waals surface area contributed by atoms with Gasteiger partial charge in [-0.15, -0.1) is 0 Å². The maximum absolute atomic E-state index is 13.9. The van der Waals surface area contributed by atoms with Crippen molar-refractivity contribution in [2.75, 3.05) is 4.72 Å². The minimum absolute atomic E-state index is 0.171. The van der Waals surface area contributed by atoms with Gasteiger partial charge in [0.1, 0.15) is 16.5 Å². The molecule has 0 unspecified atom stereocenters. The number of sulfonamides is 1. The normalized spacial score (nSPS) is 12.2. The summed E-state index contributed by atoms with van der Waals surface area (Å²) in [5, 5.41) is 4.43. The van der Waals surface area contributed by atoms with Crippen LogP contribution in [0.2, 0.25) is 0 Å². The third kappa shape index (κ3) is 3.29. The van der Waals surface area contributed by atoms with Gasteiger partial charge in [0.25, 0.3) is 10.0 Å². The first-order chi connectivity index (χ1) is 13.7. The van der Waals surface area contributed by atoms with Crippen molar-refractivity contribution in [3.05, 3.63) is 72.3 Å². The summed E-state index contributed by atoms with van der Waals surface area (Å²) in [6, 6.07) is 6.90. The molecule has 0 aliphatic carbocycles. The van der Waals surface area contributed by atoms with Gasteiger partial charge in [-0.2, -0.15) is 5.10 Å². The number of anilines is 1. The highest BCUT2D eigenvalue weighted by atomic mass is 32.2. The van der Waals surface area contributed by atoms with Crippen molar-refractivity contribution >= 4 is 21.4 Å². The average Bonchev–Trinajstić information content (AvgIpc) is 3.03. The fraction of sp³-hybridized carbons (Fsp3) is 0.0556. The zero-order chi connectivity index (χ0) is 20.8. The van der Waals surface area contributed by atoms with Gasteiger partial charge < -0.3 is 0 Å². The van der Waals surface area contributed by atoms with Crippen LogP contribution in [0.5, 0.6) is 0 Å². The van der Waals surface area contributed by atoms with E-state index in [0.29, 0.717) is 23.0 Å². The minimum Gasteiger partial charge on any atom is -0.278 e. The summed E-state index contributed by atoms with van der Waals surface area (Å²) in [6.07, 6.45) is 2.67. The standard InChI is InChI=1S/C18H13F2N5O2S/c1-11-8-22-18-5-3-16(23-25(11)18)12-6-14(10-21-9-12)24-28(26,27)17-4-2-13(19)7-15(17)20/h2-10,24H,1H3/i10D. The number of imidazole rings is 1. The van der Waals surface area contributed by atoms with Gasteiger partial charge in [-0.05, 0) is 37.3 Å². The van der Waals surface area contributed by atoms with Crippen LogP contribution >= 0.6 is 0 Å². The van der Waals surface area contributed by atoms with Crippen molar-refractivity contribution in [2.24, 2.45) is 0 Å². The lowest BCUT2D eigenvalue weighted by atomic mass is 10.2. The molecule has 1 aromatic carbocycles. The lowest BCUT2D eigenvalue weighted by Crippen LogP contribution is -2.15. The van der Waals surface area contributed by atoms with Crippen LogP contribution in [-0.4, -0.2) is 28.0 Å². The minimum atomic E-state index is -4.40. The van der Waals surface area contributed by atoms with Gasteiger partial charge >= 0.3 is 0 Å². The number of nitrogens with one attached hydrogen (secondary N) is 1. The topological polar surface area (TPSA) is 89.2 Å². The monoisotopic (exact) mass is 402 g/mol. The first-order valence-corrected chi connectivity index (χ1v) is 9.49. The molecule has 3 aromatic heterocycles. The molecule has 0 saturated heterocycles. The second-order valence-corrected chi connectivity index (χ2v) is 7.60. The van der Waals surface area contributed by atoms with E-state index in [9.17, 15) is 17.2 Å². The number of hydrogen-bond acceptors (Lipinski definition) is 5. The molecule has 7 nitrogen and oxygen atoms in total. The lowest BCUT2D eigenvalue weighted by Gasteiger charge is -2.10. The largest absolute Gasteiger partial charge is 0.278 e. The number of pyridine rings is 1. The number of aryl methyl sites for hydroxylation is 1. The van der Waals surface area contributed by atoms with E-state index in [1.165, 1.54) is 12.3 Å². The van der Waals surface area contributed by atoms with Crippen LogP contribution in [0.4, 0.5) is 14.5 Å². The molecule has 28 heavy (non-hydrogen) atoms. The number of rotatable bonds is 4. The molecule has 0 bridgehead atoms. The van der Waals surface area contributed by atoms with E-state index in [-0.39, 0.29) is 11.9 Å². The van der Waals surface area contributed by atoms with Crippen LogP contribution in [-0.2, 0) is 10.0 Å². The van der Waals surface area contributed by atoms with Gasteiger partial charge in [0.2, 0.25) is 0 Å². The Balaban J connectivity index is 1.74. The first kappa shape index (κ1) is 16.8. The predicted octanol–water partition coefficient (Wildman–Crippen LogP) is 3.18. The average molecular weight is 402 g/mol. The molecule has 4 aromatic rings. The van der Waals surface area contributed by atoms with Crippen LogP contribution in [0.15, 0.2) is 59.9 Å². The van der Waals surface area contributed by atoms with Crippen molar-refractivity contribution < 1.29 is 18.6 Å². The Bertz CT molecular complexity index is 1360. The van der Waals surface area contributed by atoms with Gasteiger partial charge in [-0.1, -0.05) is 0 Å². The van der Waals surface area contributed by atoms with Crippen molar-refractivity contribution in [3.8, 4) is 11.3 Å². The van der Waals surface area contributed by atoms with Gasteiger partial charge in [0, 0.05) is 17.8 Å². The van der Waals surface area contributed by atoms with E-state index in [0.717, 1.165) is 17.8 Å². The van der Waals surface area contributed by atoms with Crippen molar-refractivity contribution in [1.82, 2.24) is 19.6 Å². The van der Waals surface area contributed by atoms with E-state index < -0.39 is 26.6 Å². The second-order valence-electron chi connectivity index (χ2n) is 5.95. The van der Waals surface area contributed by atoms with Gasteiger partial charge in [-0.3, -0.25) is 9.71 Å². The molecule has 10 heteroatoms. The summed E-state index contributed by atoms with van der Waals surface area (Å²) >= 11 is 0. The van der Waals surface area contributed by atoms with Gasteiger partial charge in [0.05, 0.1) is 30.8 Å². The highest BCUT2D eigenvalue weighted by molar-refractivity contribution is 7.92. The maximum atomic E-state index is 13.9. The molecule has 0 aliphatic heterocycles. The summed E-state index contributed by atoms with van der Waals surface area (Å²) in [6.45, 7) is 1.83. The molecule has 142 valence electrons. The SMILES string of the molecule is [2H]c1ncc(-c2ccc3ncc(C)n3n2)cc1NS(=O)(=O)c1ccc(F)cc1F. The third-order valence-corrected chi connectivity index (χ3v) is 5.34. The number of hydrogen-bond donors (Lipinski definition) is 1. The Hall–Kier alpha value is -3.40. The Labute approximate surface area is 160 Å². The van der Waals surface area contributed by atoms with Crippen molar-refractivity contribution in [3.63, 3.8) is 0 Å². The maximum Gasteiger partial charge on any atom is 0.264 e. The van der Waals surface area contributed by atoms with Crippen LogP contribution < -0.4 is 4.72 Å². The molecule has 3 heterocycles. The smallest absolute Gasteiger partial charge is 0.264 e. The van der Waals surface area contributed by atoms with E-state index in [4.69, 9.17) is 1.37 Å². The van der Waals surface area contributed by atoms with E-state index in [2.05, 4.69) is 19.8 Å². The summed E-state index contributed by atoms with van der Waals surface area (Å²) in [4.78, 5) is 7.32. The summed E-state index contributed by atoms with van der Waals surface area (Å²) in [5.41, 5.74) is 2.19. The van der Waals surface area contributed by atoms with Gasteiger partial charge in [-0.25, -0.2) is 26.7 Å². The molecule has 1 N–H and O–H groups in total. The highest BCUT2D eigenvalue weighted by Gasteiger charge is 2.20. The summed E-state index contributed by atoms with van der Waals surface area (Å²) in [7, 11) is -4.40. The summed E-state index contributed by atoms with van der Waals surface area (Å²) in [5.74, 6) is -2.14.